The lowest BCUT2D eigenvalue weighted by Gasteiger charge is -2.31. The van der Waals surface area contributed by atoms with Crippen molar-refractivity contribution < 1.29 is 9.53 Å². The van der Waals surface area contributed by atoms with Crippen molar-refractivity contribution in [3.8, 4) is 0 Å². The fourth-order valence-electron chi connectivity index (χ4n) is 3.73. The maximum absolute atomic E-state index is 13.2. The van der Waals surface area contributed by atoms with Crippen LogP contribution in [0.25, 0.3) is 10.9 Å². The van der Waals surface area contributed by atoms with Crippen LogP contribution in [0.4, 0.5) is 0 Å². The summed E-state index contributed by atoms with van der Waals surface area (Å²) >= 11 is 3.46. The zero-order valence-electron chi connectivity index (χ0n) is 15.1. The molecule has 0 saturated carbocycles. The lowest BCUT2D eigenvalue weighted by atomic mass is 9.87. The summed E-state index contributed by atoms with van der Waals surface area (Å²) in [6.07, 6.45) is 5.41. The summed E-state index contributed by atoms with van der Waals surface area (Å²) in [5.74, 6) is 0.197. The van der Waals surface area contributed by atoms with Gasteiger partial charge in [-0.15, -0.1) is 0 Å². The predicted molar refractivity (Wildman–Crippen MR) is 106 cm³/mol. The average Bonchev–Trinajstić information content (AvgIpc) is 3.02. The second-order valence-corrected chi connectivity index (χ2v) is 7.74. The van der Waals surface area contributed by atoms with Crippen molar-refractivity contribution in [3.63, 3.8) is 0 Å². The van der Waals surface area contributed by atoms with Gasteiger partial charge in [0.05, 0.1) is 11.6 Å². The summed E-state index contributed by atoms with van der Waals surface area (Å²) in [5.41, 5.74) is 2.38. The molecule has 27 heavy (non-hydrogen) atoms. The first-order valence-electron chi connectivity index (χ1n) is 9.04. The van der Waals surface area contributed by atoms with Crippen LogP contribution in [0.2, 0.25) is 0 Å². The Balaban J connectivity index is 1.67. The molecule has 2 aromatic heterocycles. The summed E-state index contributed by atoms with van der Waals surface area (Å²) in [7, 11) is 1.80. The van der Waals surface area contributed by atoms with Crippen LogP contribution in [0, 0.1) is 5.92 Å². The van der Waals surface area contributed by atoms with Crippen LogP contribution >= 0.6 is 15.9 Å². The topological polar surface area (TPSA) is 69.0 Å². The highest BCUT2D eigenvalue weighted by molar-refractivity contribution is 9.10. The van der Waals surface area contributed by atoms with Gasteiger partial charge in [0, 0.05) is 42.5 Å². The Morgan fingerprint density at radius 1 is 1.33 bits per heavy atom. The van der Waals surface area contributed by atoms with Gasteiger partial charge in [0.1, 0.15) is 5.69 Å². The number of hydrogen-bond donors (Lipinski definition) is 1. The molecule has 7 heteroatoms. The third kappa shape index (κ3) is 3.75. The Morgan fingerprint density at radius 2 is 2.15 bits per heavy atom. The van der Waals surface area contributed by atoms with E-state index in [0.717, 1.165) is 47.0 Å². The summed E-state index contributed by atoms with van der Waals surface area (Å²) < 4.78 is 8.09. The number of nitrogens with one attached hydrogen (secondary N) is 1. The van der Waals surface area contributed by atoms with E-state index in [2.05, 4.69) is 31.3 Å². The van der Waals surface area contributed by atoms with Crippen LogP contribution in [-0.2, 0) is 11.8 Å². The molecule has 1 atom stereocenters. The molecular weight excluding hydrogens is 408 g/mol. The van der Waals surface area contributed by atoms with Crippen molar-refractivity contribution in [2.75, 3.05) is 13.2 Å². The van der Waals surface area contributed by atoms with Gasteiger partial charge >= 0.3 is 0 Å². The normalized spacial score (nSPS) is 16.4. The Morgan fingerprint density at radius 3 is 2.89 bits per heavy atom. The van der Waals surface area contributed by atoms with Crippen molar-refractivity contribution in [3.05, 3.63) is 58.5 Å². The van der Waals surface area contributed by atoms with Gasteiger partial charge in [0.25, 0.3) is 5.91 Å². The van der Waals surface area contributed by atoms with Crippen molar-refractivity contribution in [1.29, 1.82) is 0 Å². The molecule has 0 bridgehead atoms. The second kappa shape index (κ2) is 7.78. The van der Waals surface area contributed by atoms with E-state index in [4.69, 9.17) is 4.74 Å². The molecule has 3 heterocycles. The third-order valence-corrected chi connectivity index (χ3v) is 5.57. The largest absolute Gasteiger partial charge is 0.381 e. The van der Waals surface area contributed by atoms with E-state index in [-0.39, 0.29) is 11.9 Å². The van der Waals surface area contributed by atoms with Crippen LogP contribution in [0.3, 0.4) is 0 Å². The fraction of sp³-hybridized carbons (Fsp3) is 0.350. The number of benzene rings is 1. The first-order chi connectivity index (χ1) is 13.1. The van der Waals surface area contributed by atoms with E-state index >= 15 is 0 Å². The second-order valence-electron chi connectivity index (χ2n) is 6.82. The number of carbonyl (C=O) groups excluding carboxylic acids is 1. The average molecular weight is 429 g/mol. The number of rotatable bonds is 4. The molecule has 3 aromatic rings. The maximum atomic E-state index is 13.2. The Kier molecular flexibility index (Phi) is 5.22. The molecule has 4 rings (SSSR count). The third-order valence-electron chi connectivity index (χ3n) is 5.08. The first kappa shape index (κ1) is 18.1. The molecular formula is C20H21BrN4O2. The number of halogens is 1. The monoisotopic (exact) mass is 428 g/mol. The smallest absolute Gasteiger partial charge is 0.270 e. The van der Waals surface area contributed by atoms with Gasteiger partial charge in [-0.2, -0.15) is 5.10 Å². The molecule has 1 aliphatic rings. The van der Waals surface area contributed by atoms with Gasteiger partial charge in [-0.3, -0.25) is 14.5 Å². The molecule has 0 radical (unpaired) electrons. The van der Waals surface area contributed by atoms with Gasteiger partial charge in [-0.25, -0.2) is 0 Å². The summed E-state index contributed by atoms with van der Waals surface area (Å²) in [6.45, 7) is 1.44. The minimum atomic E-state index is -0.123. The number of pyridine rings is 1. The van der Waals surface area contributed by atoms with Crippen molar-refractivity contribution >= 4 is 32.7 Å². The zero-order valence-corrected chi connectivity index (χ0v) is 16.6. The van der Waals surface area contributed by atoms with Gasteiger partial charge in [-0.1, -0.05) is 22.0 Å². The number of ether oxygens (including phenoxy) is 1. The highest BCUT2D eigenvalue weighted by Gasteiger charge is 2.29. The Labute approximate surface area is 166 Å². The fourth-order valence-corrected chi connectivity index (χ4v) is 4.08. The summed E-state index contributed by atoms with van der Waals surface area (Å²) in [6, 6.07) is 9.60. The van der Waals surface area contributed by atoms with Crippen molar-refractivity contribution in [1.82, 2.24) is 20.1 Å². The van der Waals surface area contributed by atoms with E-state index in [0.29, 0.717) is 11.6 Å². The highest BCUT2D eigenvalue weighted by atomic mass is 79.9. The van der Waals surface area contributed by atoms with E-state index in [1.165, 1.54) is 0 Å². The number of aryl methyl sites for hydroxylation is 1. The molecule has 0 spiro atoms. The number of nitrogens with zero attached hydrogens (tertiary/aromatic N) is 3. The number of amides is 1. The molecule has 6 nitrogen and oxygen atoms in total. The summed E-state index contributed by atoms with van der Waals surface area (Å²) in [4.78, 5) is 17.5. The molecule has 1 saturated heterocycles. The highest BCUT2D eigenvalue weighted by Crippen LogP contribution is 2.31. The van der Waals surface area contributed by atoms with E-state index in [1.807, 2.05) is 36.5 Å². The lowest BCUT2D eigenvalue weighted by molar-refractivity contribution is 0.0512. The van der Waals surface area contributed by atoms with Crippen molar-refractivity contribution in [2.45, 2.75) is 18.9 Å². The SMILES string of the molecule is Cn1nc2cc(Br)ccc2c1C(=O)N[C@H](c1cccnc1)C1CCOCC1. The van der Waals surface area contributed by atoms with E-state index in [1.54, 1.807) is 17.9 Å². The standard InChI is InChI=1S/C20H21BrN4O2/c1-25-19(16-5-4-15(21)11-17(16)24-25)20(26)23-18(13-6-9-27-10-7-13)14-3-2-8-22-12-14/h2-5,8,11-13,18H,6-7,9-10H2,1H3,(H,23,26)/t18-/m0/s1. The van der Waals surface area contributed by atoms with Crippen LogP contribution in [0.5, 0.6) is 0 Å². The number of fused-ring (bicyclic) bond motifs is 1. The minimum absolute atomic E-state index is 0.101. The van der Waals surface area contributed by atoms with Crippen LogP contribution < -0.4 is 5.32 Å². The molecule has 1 N–H and O–H groups in total. The molecule has 1 aliphatic heterocycles. The van der Waals surface area contributed by atoms with Gasteiger partial charge in [0.15, 0.2) is 0 Å². The molecule has 140 valence electrons. The number of hydrogen-bond acceptors (Lipinski definition) is 4. The minimum Gasteiger partial charge on any atom is -0.381 e. The zero-order chi connectivity index (χ0) is 18.8. The first-order valence-corrected chi connectivity index (χ1v) is 9.83. The molecule has 0 aliphatic carbocycles. The van der Waals surface area contributed by atoms with Crippen LogP contribution in [0.1, 0.15) is 34.9 Å². The molecule has 1 fully saturated rings. The molecule has 1 amide bonds. The lowest BCUT2D eigenvalue weighted by Crippen LogP contribution is -2.37. The summed E-state index contributed by atoms with van der Waals surface area (Å²) in [5, 5.41) is 8.57. The van der Waals surface area contributed by atoms with Crippen LogP contribution in [-0.4, -0.2) is 33.9 Å². The Bertz CT molecular complexity index is 951. The Hall–Kier alpha value is -2.25. The van der Waals surface area contributed by atoms with Gasteiger partial charge in [-0.05, 0) is 48.6 Å². The maximum Gasteiger partial charge on any atom is 0.270 e. The molecule has 1 aromatic carbocycles. The van der Waals surface area contributed by atoms with Gasteiger partial charge in [0.2, 0.25) is 0 Å². The molecule has 0 unspecified atom stereocenters. The van der Waals surface area contributed by atoms with Gasteiger partial charge < -0.3 is 10.1 Å². The predicted octanol–water partition coefficient (Wildman–Crippen LogP) is 3.63. The quantitative estimate of drug-likeness (QED) is 0.688. The number of aromatic nitrogens is 3. The van der Waals surface area contributed by atoms with E-state index < -0.39 is 0 Å². The van der Waals surface area contributed by atoms with E-state index in [9.17, 15) is 4.79 Å². The number of carbonyl (C=O) groups is 1. The van der Waals surface area contributed by atoms with Crippen LogP contribution in [0.15, 0.2) is 47.2 Å². The van der Waals surface area contributed by atoms with Crippen molar-refractivity contribution in [2.24, 2.45) is 13.0 Å².